The molecule has 2 N–H and O–H groups in total. The number of nitrogens with two attached hydrogens (primary N) is 1. The molecule has 100 valence electrons. The van der Waals surface area contributed by atoms with Crippen molar-refractivity contribution in [1.29, 1.82) is 0 Å². The summed E-state index contributed by atoms with van der Waals surface area (Å²) in [4.78, 5) is 0.957. The number of hydrogen-bond donors (Lipinski definition) is 1. The molecular weight excluding hydrogens is 242 g/mol. The first kappa shape index (κ1) is 13.8. The molecule has 1 aromatic carbocycles. The van der Waals surface area contributed by atoms with Crippen molar-refractivity contribution in [2.75, 3.05) is 0 Å². The molecule has 0 bridgehead atoms. The van der Waals surface area contributed by atoms with Crippen LogP contribution in [-0.4, -0.2) is 15.5 Å². The molecular formula is C15H23NOS. The smallest absolute Gasteiger partial charge is 0.0579 e. The summed E-state index contributed by atoms with van der Waals surface area (Å²) >= 11 is 0. The highest BCUT2D eigenvalue weighted by atomic mass is 32.2. The minimum absolute atomic E-state index is 0.0269. The van der Waals surface area contributed by atoms with E-state index in [0.29, 0.717) is 0 Å². The number of benzene rings is 1. The standard InChI is InChI=1S/C15H23NOS/c1-10-5-6-12(11(2)9-10)18(17)13-7-8-15(3,4)14(13)16/h5-6,9,13-14H,7-8,16H2,1-4H3. The summed E-state index contributed by atoms with van der Waals surface area (Å²) < 4.78 is 12.7. The topological polar surface area (TPSA) is 43.1 Å². The van der Waals surface area contributed by atoms with E-state index < -0.39 is 10.8 Å². The minimum atomic E-state index is -0.980. The van der Waals surface area contributed by atoms with Crippen molar-refractivity contribution < 1.29 is 4.21 Å². The minimum Gasteiger partial charge on any atom is -0.326 e. The first-order chi connectivity index (χ1) is 8.33. The fourth-order valence-corrected chi connectivity index (χ4v) is 4.66. The van der Waals surface area contributed by atoms with E-state index in [2.05, 4.69) is 26.8 Å². The van der Waals surface area contributed by atoms with E-state index in [1.165, 1.54) is 5.56 Å². The second-order valence-corrected chi connectivity index (χ2v) is 7.80. The predicted molar refractivity (Wildman–Crippen MR) is 77.1 cm³/mol. The molecule has 0 radical (unpaired) electrons. The fourth-order valence-electron chi connectivity index (χ4n) is 2.79. The maximum atomic E-state index is 12.7. The normalized spacial score (nSPS) is 28.3. The fraction of sp³-hybridized carbons (Fsp3) is 0.600. The summed E-state index contributed by atoms with van der Waals surface area (Å²) in [5.74, 6) is 0. The Balaban J connectivity index is 2.27. The lowest BCUT2D eigenvalue weighted by atomic mass is 9.88. The molecule has 0 spiro atoms. The molecule has 1 aliphatic rings. The van der Waals surface area contributed by atoms with Gasteiger partial charge in [-0.3, -0.25) is 4.21 Å². The number of aryl methyl sites for hydroxylation is 2. The lowest BCUT2D eigenvalue weighted by molar-refractivity contribution is 0.334. The summed E-state index contributed by atoms with van der Waals surface area (Å²) in [7, 11) is -0.980. The maximum absolute atomic E-state index is 12.7. The molecule has 0 saturated heterocycles. The molecule has 1 aromatic rings. The number of rotatable bonds is 2. The molecule has 3 atom stereocenters. The van der Waals surface area contributed by atoms with Crippen LogP contribution in [0, 0.1) is 19.3 Å². The zero-order chi connectivity index (χ0) is 13.5. The van der Waals surface area contributed by atoms with Gasteiger partial charge < -0.3 is 5.73 Å². The first-order valence-corrected chi connectivity index (χ1v) is 7.77. The Morgan fingerprint density at radius 3 is 2.50 bits per heavy atom. The predicted octanol–water partition coefficient (Wildman–Crippen LogP) is 2.93. The van der Waals surface area contributed by atoms with Gasteiger partial charge in [-0.1, -0.05) is 31.5 Å². The molecule has 0 aromatic heterocycles. The zero-order valence-corrected chi connectivity index (χ0v) is 12.5. The van der Waals surface area contributed by atoms with Crippen LogP contribution in [0.25, 0.3) is 0 Å². The van der Waals surface area contributed by atoms with Crippen LogP contribution in [0.5, 0.6) is 0 Å². The van der Waals surface area contributed by atoms with Gasteiger partial charge in [0, 0.05) is 10.9 Å². The second kappa shape index (κ2) is 4.78. The molecule has 1 aliphatic carbocycles. The van der Waals surface area contributed by atoms with Crippen LogP contribution in [0.1, 0.15) is 37.8 Å². The Labute approximate surface area is 112 Å². The van der Waals surface area contributed by atoms with E-state index in [1.54, 1.807) is 0 Å². The van der Waals surface area contributed by atoms with Crippen LogP contribution >= 0.6 is 0 Å². The van der Waals surface area contributed by atoms with E-state index in [-0.39, 0.29) is 16.7 Å². The summed E-state index contributed by atoms with van der Waals surface area (Å²) in [6.07, 6.45) is 2.03. The van der Waals surface area contributed by atoms with Crippen molar-refractivity contribution in [2.45, 2.75) is 56.7 Å². The zero-order valence-electron chi connectivity index (χ0n) is 11.7. The average Bonchev–Trinajstić information content (AvgIpc) is 2.53. The molecule has 0 aliphatic heterocycles. The van der Waals surface area contributed by atoms with Crippen LogP contribution in [0.2, 0.25) is 0 Å². The van der Waals surface area contributed by atoms with Gasteiger partial charge in [-0.05, 0) is 43.7 Å². The molecule has 1 saturated carbocycles. The van der Waals surface area contributed by atoms with Crippen LogP contribution in [0.3, 0.4) is 0 Å². The Morgan fingerprint density at radius 1 is 1.33 bits per heavy atom. The highest BCUT2D eigenvalue weighted by molar-refractivity contribution is 7.85. The molecule has 3 unspecified atom stereocenters. The molecule has 18 heavy (non-hydrogen) atoms. The van der Waals surface area contributed by atoms with E-state index >= 15 is 0 Å². The third-order valence-electron chi connectivity index (χ3n) is 4.20. The van der Waals surface area contributed by atoms with Gasteiger partial charge in [0.1, 0.15) is 0 Å². The van der Waals surface area contributed by atoms with E-state index in [1.807, 2.05) is 19.1 Å². The summed E-state index contributed by atoms with van der Waals surface area (Å²) in [5.41, 5.74) is 8.72. The van der Waals surface area contributed by atoms with Gasteiger partial charge in [0.2, 0.25) is 0 Å². The third-order valence-corrected chi connectivity index (χ3v) is 6.17. The SMILES string of the molecule is Cc1ccc(S(=O)C2CCC(C)(C)C2N)c(C)c1. The monoisotopic (exact) mass is 265 g/mol. The van der Waals surface area contributed by atoms with Gasteiger partial charge in [-0.2, -0.15) is 0 Å². The van der Waals surface area contributed by atoms with Gasteiger partial charge in [-0.15, -0.1) is 0 Å². The summed E-state index contributed by atoms with van der Waals surface area (Å²) in [5, 5.41) is 0.0985. The summed E-state index contributed by atoms with van der Waals surface area (Å²) in [6, 6.07) is 6.16. The van der Waals surface area contributed by atoms with Crippen molar-refractivity contribution in [3.8, 4) is 0 Å². The largest absolute Gasteiger partial charge is 0.326 e. The molecule has 3 heteroatoms. The van der Waals surface area contributed by atoms with Crippen LogP contribution in [-0.2, 0) is 10.8 Å². The van der Waals surface area contributed by atoms with Gasteiger partial charge in [0.25, 0.3) is 0 Å². The second-order valence-electron chi connectivity index (χ2n) is 6.16. The Morgan fingerprint density at radius 2 is 2.00 bits per heavy atom. The Hall–Kier alpha value is -0.670. The quantitative estimate of drug-likeness (QED) is 0.893. The Bertz CT molecular complexity index is 481. The maximum Gasteiger partial charge on any atom is 0.0579 e. The average molecular weight is 265 g/mol. The van der Waals surface area contributed by atoms with Crippen molar-refractivity contribution in [2.24, 2.45) is 11.1 Å². The van der Waals surface area contributed by atoms with Gasteiger partial charge in [0.15, 0.2) is 0 Å². The van der Waals surface area contributed by atoms with Crippen molar-refractivity contribution >= 4 is 10.8 Å². The van der Waals surface area contributed by atoms with Gasteiger partial charge in [0.05, 0.1) is 16.0 Å². The molecule has 0 amide bonds. The first-order valence-electron chi connectivity index (χ1n) is 6.56. The highest BCUT2D eigenvalue weighted by Crippen LogP contribution is 2.40. The van der Waals surface area contributed by atoms with Crippen molar-refractivity contribution in [3.63, 3.8) is 0 Å². The molecule has 0 heterocycles. The van der Waals surface area contributed by atoms with Crippen molar-refractivity contribution in [3.05, 3.63) is 29.3 Å². The van der Waals surface area contributed by atoms with E-state index in [9.17, 15) is 4.21 Å². The summed E-state index contributed by atoms with van der Waals surface area (Å²) in [6.45, 7) is 8.45. The Kier molecular flexibility index (Phi) is 3.65. The number of hydrogen-bond acceptors (Lipinski definition) is 2. The van der Waals surface area contributed by atoms with E-state index in [0.717, 1.165) is 23.3 Å². The highest BCUT2D eigenvalue weighted by Gasteiger charge is 2.42. The van der Waals surface area contributed by atoms with Crippen LogP contribution in [0.15, 0.2) is 23.1 Å². The lowest BCUT2D eigenvalue weighted by Gasteiger charge is -2.26. The molecule has 2 rings (SSSR count). The van der Waals surface area contributed by atoms with E-state index in [4.69, 9.17) is 5.73 Å². The van der Waals surface area contributed by atoms with Gasteiger partial charge in [-0.25, -0.2) is 0 Å². The van der Waals surface area contributed by atoms with Crippen molar-refractivity contribution in [1.82, 2.24) is 0 Å². The van der Waals surface area contributed by atoms with Gasteiger partial charge >= 0.3 is 0 Å². The van der Waals surface area contributed by atoms with Crippen LogP contribution < -0.4 is 5.73 Å². The lowest BCUT2D eigenvalue weighted by Crippen LogP contribution is -2.41. The third kappa shape index (κ3) is 2.39. The molecule has 1 fully saturated rings. The van der Waals surface area contributed by atoms with Crippen LogP contribution in [0.4, 0.5) is 0 Å². The molecule has 2 nitrogen and oxygen atoms in total.